The van der Waals surface area contributed by atoms with Crippen LogP contribution in [-0.4, -0.2) is 46.1 Å². The van der Waals surface area contributed by atoms with Gasteiger partial charge in [-0.1, -0.05) is 0 Å². The summed E-state index contributed by atoms with van der Waals surface area (Å²) in [6.45, 7) is 2.39. The van der Waals surface area contributed by atoms with Gasteiger partial charge < -0.3 is 14.9 Å². The van der Waals surface area contributed by atoms with Crippen molar-refractivity contribution in [3.05, 3.63) is 0 Å². The van der Waals surface area contributed by atoms with Gasteiger partial charge in [-0.25, -0.2) is 0 Å². The molecule has 0 amide bonds. The Kier molecular flexibility index (Phi) is 3.60. The first-order valence-corrected chi connectivity index (χ1v) is 6.86. The second-order valence-corrected chi connectivity index (χ2v) is 5.92. The van der Waals surface area contributed by atoms with Crippen molar-refractivity contribution in [2.45, 2.75) is 44.0 Å². The molecule has 2 fully saturated rings. The van der Waals surface area contributed by atoms with Gasteiger partial charge in [0.05, 0.1) is 17.8 Å². The van der Waals surface area contributed by atoms with Gasteiger partial charge in [0, 0.05) is 12.4 Å². The summed E-state index contributed by atoms with van der Waals surface area (Å²) >= 11 is 1.93. The van der Waals surface area contributed by atoms with Crippen LogP contribution in [0.1, 0.15) is 26.2 Å². The number of ether oxygens (including phenoxy) is 1. The van der Waals surface area contributed by atoms with Crippen LogP contribution in [0.15, 0.2) is 0 Å². The molecule has 4 atom stereocenters. The number of aliphatic hydroxyl groups is 2. The molecule has 2 aliphatic rings. The smallest absolute Gasteiger partial charge is 0.0826 e. The van der Waals surface area contributed by atoms with Crippen LogP contribution in [0, 0.1) is 5.92 Å². The van der Waals surface area contributed by atoms with E-state index in [1.165, 1.54) is 0 Å². The summed E-state index contributed by atoms with van der Waals surface area (Å²) in [6, 6.07) is 0. The summed E-state index contributed by atoms with van der Waals surface area (Å²) in [6.07, 6.45) is 1.67. The molecule has 0 aromatic heterocycles. The van der Waals surface area contributed by atoms with Gasteiger partial charge in [0.15, 0.2) is 0 Å². The van der Waals surface area contributed by atoms with Crippen molar-refractivity contribution in [2.75, 3.05) is 18.1 Å². The number of rotatable bonds is 2. The Labute approximate surface area is 95.2 Å². The first-order chi connectivity index (χ1) is 7.13. The Hall–Kier alpha value is 0.230. The van der Waals surface area contributed by atoms with Gasteiger partial charge >= 0.3 is 0 Å². The highest BCUT2D eigenvalue weighted by molar-refractivity contribution is 7.99. The maximum atomic E-state index is 9.88. The van der Waals surface area contributed by atoms with Crippen LogP contribution in [0.25, 0.3) is 0 Å². The van der Waals surface area contributed by atoms with Crippen molar-refractivity contribution in [1.29, 1.82) is 0 Å². The molecule has 0 aliphatic carbocycles. The zero-order chi connectivity index (χ0) is 10.9. The predicted octanol–water partition coefficient (Wildman–Crippen LogP) is 1.03. The fraction of sp³-hybridized carbons (Fsp3) is 1.00. The van der Waals surface area contributed by atoms with Crippen molar-refractivity contribution in [3.63, 3.8) is 0 Å². The molecule has 4 heteroatoms. The van der Waals surface area contributed by atoms with Crippen molar-refractivity contribution < 1.29 is 14.9 Å². The third-order valence-corrected chi connectivity index (χ3v) is 4.80. The summed E-state index contributed by atoms with van der Waals surface area (Å²) in [5.74, 6) is 2.42. The topological polar surface area (TPSA) is 49.7 Å². The Balaban J connectivity index is 1.97. The average Bonchev–Trinajstić information content (AvgIpc) is 2.65. The van der Waals surface area contributed by atoms with E-state index in [2.05, 4.69) is 0 Å². The van der Waals surface area contributed by atoms with Gasteiger partial charge in [-0.15, -0.1) is 0 Å². The molecule has 88 valence electrons. The SMILES string of the molecule is CC(O)C(O)C1CCOC2(CCSC2)C1. The maximum Gasteiger partial charge on any atom is 0.0826 e. The van der Waals surface area contributed by atoms with E-state index in [4.69, 9.17) is 4.74 Å². The second kappa shape index (κ2) is 4.62. The molecule has 0 aromatic rings. The zero-order valence-electron chi connectivity index (χ0n) is 9.19. The van der Waals surface area contributed by atoms with E-state index < -0.39 is 12.2 Å². The van der Waals surface area contributed by atoms with Gasteiger partial charge in [-0.2, -0.15) is 11.8 Å². The van der Waals surface area contributed by atoms with Gasteiger partial charge in [0.2, 0.25) is 0 Å². The fourth-order valence-corrected chi connectivity index (χ4v) is 3.99. The molecule has 1 spiro atoms. The molecule has 3 nitrogen and oxygen atoms in total. The van der Waals surface area contributed by atoms with Crippen molar-refractivity contribution in [2.24, 2.45) is 5.92 Å². The minimum absolute atomic E-state index is 0.00343. The summed E-state index contributed by atoms with van der Waals surface area (Å²) in [4.78, 5) is 0. The molecule has 0 bridgehead atoms. The first-order valence-electron chi connectivity index (χ1n) is 5.71. The lowest BCUT2D eigenvalue weighted by Gasteiger charge is -2.40. The predicted molar refractivity (Wildman–Crippen MR) is 61.0 cm³/mol. The standard InChI is InChI=1S/C11H20O3S/c1-8(12)10(13)9-2-4-14-11(6-9)3-5-15-7-11/h8-10,12-13H,2-7H2,1H3. The van der Waals surface area contributed by atoms with E-state index in [1.54, 1.807) is 6.92 Å². The third-order valence-electron chi connectivity index (χ3n) is 3.58. The zero-order valence-corrected chi connectivity index (χ0v) is 10.0. The first kappa shape index (κ1) is 11.7. The largest absolute Gasteiger partial charge is 0.391 e. The normalized spacial score (nSPS) is 40.6. The number of hydrogen-bond acceptors (Lipinski definition) is 4. The lowest BCUT2D eigenvalue weighted by Crippen LogP contribution is -2.45. The van der Waals surface area contributed by atoms with E-state index in [0.29, 0.717) is 0 Å². The van der Waals surface area contributed by atoms with E-state index in [9.17, 15) is 10.2 Å². The molecule has 4 unspecified atom stereocenters. The summed E-state index contributed by atoms with van der Waals surface area (Å²) in [7, 11) is 0. The quantitative estimate of drug-likeness (QED) is 0.746. The molecule has 2 heterocycles. The van der Waals surface area contributed by atoms with E-state index >= 15 is 0 Å². The highest BCUT2D eigenvalue weighted by atomic mass is 32.2. The molecule has 0 radical (unpaired) electrons. The minimum atomic E-state index is -0.626. The van der Waals surface area contributed by atoms with Crippen molar-refractivity contribution >= 4 is 11.8 Å². The van der Waals surface area contributed by atoms with Gasteiger partial charge in [-0.3, -0.25) is 0 Å². The Morgan fingerprint density at radius 2 is 2.27 bits per heavy atom. The van der Waals surface area contributed by atoms with Crippen molar-refractivity contribution in [3.8, 4) is 0 Å². The third kappa shape index (κ3) is 2.49. The van der Waals surface area contributed by atoms with Crippen LogP contribution < -0.4 is 0 Å². The van der Waals surface area contributed by atoms with Crippen molar-refractivity contribution in [1.82, 2.24) is 0 Å². The molecule has 2 aliphatic heterocycles. The van der Waals surface area contributed by atoms with Crippen LogP contribution in [0.4, 0.5) is 0 Å². The van der Waals surface area contributed by atoms with Gasteiger partial charge in [0.25, 0.3) is 0 Å². The number of thioether (sulfide) groups is 1. The lowest BCUT2D eigenvalue weighted by atomic mass is 9.81. The maximum absolute atomic E-state index is 9.88. The molecular formula is C11H20O3S. The van der Waals surface area contributed by atoms with Crippen LogP contribution in [0.5, 0.6) is 0 Å². The van der Waals surface area contributed by atoms with Gasteiger partial charge in [0.1, 0.15) is 0 Å². The lowest BCUT2D eigenvalue weighted by molar-refractivity contribution is -0.117. The van der Waals surface area contributed by atoms with E-state index in [0.717, 1.165) is 37.4 Å². The average molecular weight is 232 g/mol. The highest BCUT2D eigenvalue weighted by Gasteiger charge is 2.42. The van der Waals surface area contributed by atoms with E-state index in [1.807, 2.05) is 11.8 Å². The Bertz CT molecular complexity index is 214. The van der Waals surface area contributed by atoms with Crippen LogP contribution in [0.2, 0.25) is 0 Å². The highest BCUT2D eigenvalue weighted by Crippen LogP contribution is 2.41. The molecule has 15 heavy (non-hydrogen) atoms. The van der Waals surface area contributed by atoms with Gasteiger partial charge in [-0.05, 0) is 37.9 Å². The Morgan fingerprint density at radius 3 is 2.87 bits per heavy atom. The van der Waals surface area contributed by atoms with E-state index in [-0.39, 0.29) is 11.5 Å². The Morgan fingerprint density at radius 1 is 1.47 bits per heavy atom. The molecular weight excluding hydrogens is 212 g/mol. The molecule has 0 saturated carbocycles. The summed E-state index contributed by atoms with van der Waals surface area (Å²) < 4.78 is 5.87. The monoisotopic (exact) mass is 232 g/mol. The second-order valence-electron chi connectivity index (χ2n) is 4.82. The summed E-state index contributed by atoms with van der Waals surface area (Å²) in [5.41, 5.74) is 0.00343. The fourth-order valence-electron chi connectivity index (χ4n) is 2.61. The number of hydrogen-bond donors (Lipinski definition) is 2. The molecule has 2 saturated heterocycles. The van der Waals surface area contributed by atoms with Crippen LogP contribution in [-0.2, 0) is 4.74 Å². The minimum Gasteiger partial charge on any atom is -0.391 e. The molecule has 2 rings (SSSR count). The van der Waals surface area contributed by atoms with Crippen LogP contribution in [0.3, 0.4) is 0 Å². The van der Waals surface area contributed by atoms with Crippen LogP contribution >= 0.6 is 11.8 Å². The molecule has 0 aromatic carbocycles. The summed E-state index contributed by atoms with van der Waals surface area (Å²) in [5, 5.41) is 19.3. The molecule has 2 N–H and O–H groups in total. The number of aliphatic hydroxyl groups excluding tert-OH is 2.